The minimum absolute atomic E-state index is 0.00274. The van der Waals surface area contributed by atoms with Crippen LogP contribution in [-0.2, 0) is 33.3 Å². The molecule has 0 bridgehead atoms. The standard InChI is InChI=1S/C49H67N3O9/c1-6-37(5)49(52-47(54)12-9-21-50-46-32-36(4)19-22-51-46)44(53)33-40(34-48(55)56)38-13-15-39(16-14-38)41-17-18-45(43-11-8-7-10-42(41)43)61-31-30-60-29-28-59-27-26-58-25-24-57-23-20-35(2)3/h7-8,10-11,13-19,22,32,35,37,40,49H,6,9,12,20-21,23-31,33-34H2,1-5H3,(H,50,51)(H,52,54)(H,55,56)/t37-,40-,49-/m0/s1. The first-order valence-electron chi connectivity index (χ1n) is 21.8. The van der Waals surface area contributed by atoms with Crippen LogP contribution in [0.1, 0.15) is 83.3 Å². The highest BCUT2D eigenvalue weighted by Gasteiger charge is 2.29. The normalized spacial score (nSPS) is 12.9. The first-order chi connectivity index (χ1) is 29.5. The first kappa shape index (κ1) is 48.8. The molecule has 0 aliphatic heterocycles. The smallest absolute Gasteiger partial charge is 0.303 e. The fourth-order valence-electron chi connectivity index (χ4n) is 6.88. The summed E-state index contributed by atoms with van der Waals surface area (Å²) in [6.07, 6.45) is 4.08. The van der Waals surface area contributed by atoms with Gasteiger partial charge in [0.2, 0.25) is 5.91 Å². The van der Waals surface area contributed by atoms with Crippen LogP contribution in [0.5, 0.6) is 5.75 Å². The molecule has 1 aromatic heterocycles. The van der Waals surface area contributed by atoms with Crippen molar-refractivity contribution in [2.24, 2.45) is 11.8 Å². The molecule has 1 amide bonds. The Kier molecular flexibility index (Phi) is 21.7. The summed E-state index contributed by atoms with van der Waals surface area (Å²) in [5.74, 6) is 0.108. The Hall–Kier alpha value is -4.88. The number of hydrogen-bond donors (Lipinski definition) is 3. The molecule has 0 saturated heterocycles. The Morgan fingerprint density at radius 3 is 2.02 bits per heavy atom. The van der Waals surface area contributed by atoms with Gasteiger partial charge in [0.25, 0.3) is 0 Å². The molecular formula is C49H67N3O9. The van der Waals surface area contributed by atoms with E-state index in [0.29, 0.717) is 78.2 Å². The average molecular weight is 842 g/mol. The predicted molar refractivity (Wildman–Crippen MR) is 240 cm³/mol. The number of Topliss-reactive ketones (excluding diaryl/α,β-unsaturated/α-hetero) is 1. The van der Waals surface area contributed by atoms with E-state index in [2.05, 4.69) is 35.5 Å². The number of carboxylic acids is 1. The van der Waals surface area contributed by atoms with Crippen molar-refractivity contribution in [3.63, 3.8) is 0 Å². The molecule has 12 heteroatoms. The molecule has 4 aromatic rings. The van der Waals surface area contributed by atoms with Gasteiger partial charge in [-0.3, -0.25) is 14.4 Å². The van der Waals surface area contributed by atoms with Crippen molar-refractivity contribution in [3.05, 3.63) is 90.1 Å². The zero-order chi connectivity index (χ0) is 43.8. The summed E-state index contributed by atoms with van der Waals surface area (Å²) < 4.78 is 28.5. The van der Waals surface area contributed by atoms with E-state index in [-0.39, 0.29) is 36.9 Å². The number of hydrogen-bond acceptors (Lipinski definition) is 10. The molecule has 3 N–H and O–H groups in total. The van der Waals surface area contributed by atoms with Gasteiger partial charge in [0.15, 0.2) is 5.78 Å². The van der Waals surface area contributed by atoms with Gasteiger partial charge in [0.1, 0.15) is 18.2 Å². The zero-order valence-corrected chi connectivity index (χ0v) is 36.8. The van der Waals surface area contributed by atoms with Crippen LogP contribution < -0.4 is 15.4 Å². The number of amides is 1. The number of ether oxygens (including phenoxy) is 5. The van der Waals surface area contributed by atoms with Crippen LogP contribution in [0, 0.1) is 18.8 Å². The highest BCUT2D eigenvalue weighted by Crippen LogP contribution is 2.36. The van der Waals surface area contributed by atoms with Crippen LogP contribution in [0.3, 0.4) is 0 Å². The molecule has 0 fully saturated rings. The van der Waals surface area contributed by atoms with Crippen molar-refractivity contribution < 1.29 is 43.2 Å². The van der Waals surface area contributed by atoms with E-state index in [4.69, 9.17) is 23.7 Å². The number of anilines is 1. The Bertz CT molecular complexity index is 1920. The molecule has 0 saturated carbocycles. The molecule has 0 spiro atoms. The number of benzene rings is 3. The van der Waals surface area contributed by atoms with E-state index in [1.54, 1.807) is 6.20 Å². The molecule has 3 aromatic carbocycles. The van der Waals surface area contributed by atoms with Crippen molar-refractivity contribution in [1.82, 2.24) is 10.3 Å². The van der Waals surface area contributed by atoms with Crippen molar-refractivity contribution in [2.75, 3.05) is 71.3 Å². The number of carbonyl (C=O) groups is 3. The maximum Gasteiger partial charge on any atom is 0.303 e. The van der Waals surface area contributed by atoms with E-state index >= 15 is 0 Å². The minimum Gasteiger partial charge on any atom is -0.491 e. The van der Waals surface area contributed by atoms with E-state index < -0.39 is 17.9 Å². The maximum atomic E-state index is 13.8. The quantitative estimate of drug-likeness (QED) is 0.0417. The Balaban J connectivity index is 1.27. The monoisotopic (exact) mass is 841 g/mol. The number of pyridine rings is 1. The lowest BCUT2D eigenvalue weighted by molar-refractivity contribution is -0.137. The van der Waals surface area contributed by atoms with Crippen LogP contribution >= 0.6 is 0 Å². The van der Waals surface area contributed by atoms with Crippen molar-refractivity contribution >= 4 is 34.3 Å². The molecule has 332 valence electrons. The molecule has 4 rings (SSSR count). The summed E-state index contributed by atoms with van der Waals surface area (Å²) >= 11 is 0. The lowest BCUT2D eigenvalue weighted by atomic mass is 9.85. The number of aliphatic carboxylic acids is 1. The lowest BCUT2D eigenvalue weighted by Gasteiger charge is -2.25. The van der Waals surface area contributed by atoms with Crippen LogP contribution in [0.15, 0.2) is 79.0 Å². The van der Waals surface area contributed by atoms with Gasteiger partial charge >= 0.3 is 5.97 Å². The summed E-state index contributed by atoms with van der Waals surface area (Å²) in [6.45, 7) is 15.5. The number of carboxylic acid groups (broad SMARTS) is 1. The zero-order valence-electron chi connectivity index (χ0n) is 36.8. The lowest BCUT2D eigenvalue weighted by Crippen LogP contribution is -2.45. The third-order valence-electron chi connectivity index (χ3n) is 10.6. The van der Waals surface area contributed by atoms with E-state index in [1.165, 1.54) is 0 Å². The first-order valence-corrected chi connectivity index (χ1v) is 21.8. The Labute approximate surface area is 362 Å². The third kappa shape index (κ3) is 17.6. The fraction of sp³-hybridized carbons (Fsp3) is 0.510. The number of carbonyl (C=O) groups excluding carboxylic acids is 2. The van der Waals surface area contributed by atoms with Crippen LogP contribution in [0.2, 0.25) is 0 Å². The number of aromatic nitrogens is 1. The molecule has 0 aliphatic carbocycles. The highest BCUT2D eigenvalue weighted by atomic mass is 16.6. The second-order valence-electron chi connectivity index (χ2n) is 15.9. The highest BCUT2D eigenvalue weighted by molar-refractivity contribution is 6.00. The Morgan fingerprint density at radius 1 is 0.754 bits per heavy atom. The summed E-state index contributed by atoms with van der Waals surface area (Å²) in [5, 5.41) is 18.0. The predicted octanol–water partition coefficient (Wildman–Crippen LogP) is 8.64. The topological polar surface area (TPSA) is 155 Å². The van der Waals surface area contributed by atoms with Gasteiger partial charge in [-0.15, -0.1) is 0 Å². The van der Waals surface area contributed by atoms with E-state index in [1.807, 2.05) is 87.5 Å². The van der Waals surface area contributed by atoms with Gasteiger partial charge in [-0.1, -0.05) is 88.7 Å². The van der Waals surface area contributed by atoms with Gasteiger partial charge in [0.05, 0.1) is 58.7 Å². The molecule has 0 unspecified atom stereocenters. The van der Waals surface area contributed by atoms with E-state index in [0.717, 1.165) is 57.6 Å². The second kappa shape index (κ2) is 27.1. The molecule has 1 heterocycles. The number of fused-ring (bicyclic) bond motifs is 1. The van der Waals surface area contributed by atoms with Gasteiger partial charge in [-0.05, 0) is 77.4 Å². The number of aryl methyl sites for hydroxylation is 1. The number of ketones is 1. The molecule has 12 nitrogen and oxygen atoms in total. The fourth-order valence-corrected chi connectivity index (χ4v) is 6.88. The Morgan fingerprint density at radius 2 is 1.39 bits per heavy atom. The van der Waals surface area contributed by atoms with Crippen molar-refractivity contribution in [2.45, 2.75) is 85.1 Å². The second-order valence-corrected chi connectivity index (χ2v) is 15.9. The summed E-state index contributed by atoms with van der Waals surface area (Å²) in [5.41, 5.74) is 3.80. The summed E-state index contributed by atoms with van der Waals surface area (Å²) in [4.78, 5) is 43.2. The largest absolute Gasteiger partial charge is 0.491 e. The van der Waals surface area contributed by atoms with Gasteiger partial charge < -0.3 is 39.4 Å². The van der Waals surface area contributed by atoms with Crippen molar-refractivity contribution in [3.8, 4) is 16.9 Å². The van der Waals surface area contributed by atoms with Gasteiger partial charge in [-0.2, -0.15) is 0 Å². The van der Waals surface area contributed by atoms with Gasteiger partial charge in [0, 0.05) is 43.5 Å². The van der Waals surface area contributed by atoms with Crippen LogP contribution in [0.4, 0.5) is 5.82 Å². The number of rotatable bonds is 31. The number of nitrogens with zero attached hydrogens (tertiary/aromatic N) is 1. The van der Waals surface area contributed by atoms with Crippen molar-refractivity contribution in [1.29, 1.82) is 0 Å². The molecule has 3 atom stereocenters. The maximum absolute atomic E-state index is 13.8. The average Bonchev–Trinajstić information content (AvgIpc) is 3.25. The molecule has 0 radical (unpaired) electrons. The van der Waals surface area contributed by atoms with E-state index in [9.17, 15) is 19.5 Å². The number of nitrogens with one attached hydrogen (secondary N) is 2. The minimum atomic E-state index is -0.989. The third-order valence-corrected chi connectivity index (χ3v) is 10.6. The molecular weight excluding hydrogens is 775 g/mol. The van der Waals surface area contributed by atoms with Crippen LogP contribution in [-0.4, -0.2) is 99.8 Å². The SMILES string of the molecule is CC[C@H](C)[C@H](NC(=O)CCCNc1cc(C)ccn1)C(=O)C[C@@H](CC(=O)O)c1ccc(-c2ccc(OCCOCCOCCOCCOCCC(C)C)c3ccccc23)cc1. The molecule has 0 aliphatic rings. The van der Waals surface area contributed by atoms with Crippen LogP contribution in [0.25, 0.3) is 21.9 Å². The van der Waals surface area contributed by atoms with Gasteiger partial charge in [-0.25, -0.2) is 4.98 Å². The molecule has 61 heavy (non-hydrogen) atoms. The summed E-state index contributed by atoms with van der Waals surface area (Å²) in [7, 11) is 0. The summed E-state index contributed by atoms with van der Waals surface area (Å²) in [6, 6.07) is 22.9.